The molecule has 0 radical (unpaired) electrons. The maximum atomic E-state index is 12.2. The average molecular weight is 461 g/mol. The Hall–Kier alpha value is -0.380. The molecule has 3 N–H and O–H groups in total. The summed E-state index contributed by atoms with van der Waals surface area (Å²) in [6, 6.07) is 0. The van der Waals surface area contributed by atoms with Gasteiger partial charge in [-0.25, -0.2) is 0 Å². The van der Waals surface area contributed by atoms with Crippen LogP contribution in [0.3, 0.4) is 0 Å². The Balaban J connectivity index is 1.66. The summed E-state index contributed by atoms with van der Waals surface area (Å²) < 4.78 is 0. The molecule has 9 atom stereocenters. The lowest BCUT2D eigenvalue weighted by atomic mass is 9.35. The van der Waals surface area contributed by atoms with E-state index in [1.54, 1.807) is 0 Å². The van der Waals surface area contributed by atoms with Crippen LogP contribution in [0.5, 0.6) is 0 Å². The van der Waals surface area contributed by atoms with E-state index in [1.165, 1.54) is 18.4 Å². The van der Waals surface area contributed by atoms with Gasteiger partial charge in [0.25, 0.3) is 0 Å². The van der Waals surface area contributed by atoms with Crippen LogP contribution in [0.15, 0.2) is 11.6 Å². The van der Waals surface area contributed by atoms with Crippen molar-refractivity contribution >= 4 is 0 Å². The maximum Gasteiger partial charge on any atom is 0.0964 e. The van der Waals surface area contributed by atoms with E-state index in [4.69, 9.17) is 0 Å². The predicted molar refractivity (Wildman–Crippen MR) is 136 cm³/mol. The molecule has 0 amide bonds. The summed E-state index contributed by atoms with van der Waals surface area (Å²) in [6.07, 6.45) is 11.7. The highest BCUT2D eigenvalue weighted by Gasteiger charge is 2.72. The molecule has 0 aromatic heterocycles. The Kier molecular flexibility index (Phi) is 6.08. The van der Waals surface area contributed by atoms with Crippen LogP contribution in [0.1, 0.15) is 120 Å². The number of fused-ring (bicyclic) bond motifs is 5. The lowest BCUT2D eigenvalue weighted by Crippen LogP contribution is -2.66. The van der Waals surface area contributed by atoms with Gasteiger partial charge in [0.1, 0.15) is 0 Å². The van der Waals surface area contributed by atoms with E-state index >= 15 is 0 Å². The number of rotatable bonds is 4. The van der Waals surface area contributed by atoms with Crippen molar-refractivity contribution in [3.8, 4) is 0 Å². The Bertz CT molecular complexity index is 794. The standard InChI is InChI=1S/C30H52O3/c1-20(2)10-9-15-29(8,32)30(33)19-18-28(7)23(30)12-11-22-26(5)16-14-24(31)25(3,4)21(26)13-17-27(22,28)6/h10,21-24,31-33H,9,11-19H2,1-8H3/t21?,22-,23+,24-,26+,27-,28+,29+,30+/m1/s1. The molecule has 0 aliphatic heterocycles. The minimum atomic E-state index is -1.07. The highest BCUT2D eigenvalue weighted by Crippen LogP contribution is 2.76. The summed E-state index contributed by atoms with van der Waals surface area (Å²) in [5, 5.41) is 34.7. The molecule has 0 spiro atoms. The first-order chi connectivity index (χ1) is 15.1. The van der Waals surface area contributed by atoms with Gasteiger partial charge in [0, 0.05) is 0 Å². The fraction of sp³-hybridized carbons (Fsp3) is 0.933. The third-order valence-electron chi connectivity index (χ3n) is 12.6. The highest BCUT2D eigenvalue weighted by molar-refractivity contribution is 5.22. The largest absolute Gasteiger partial charge is 0.393 e. The second-order valence-corrected chi connectivity index (χ2v) is 14.5. The molecule has 4 fully saturated rings. The molecule has 33 heavy (non-hydrogen) atoms. The van der Waals surface area contributed by atoms with Crippen LogP contribution in [-0.4, -0.2) is 32.6 Å². The van der Waals surface area contributed by atoms with E-state index < -0.39 is 11.2 Å². The summed E-state index contributed by atoms with van der Waals surface area (Å²) in [5.74, 6) is 1.32. The van der Waals surface area contributed by atoms with Gasteiger partial charge >= 0.3 is 0 Å². The van der Waals surface area contributed by atoms with Crippen LogP contribution in [0.2, 0.25) is 0 Å². The van der Waals surface area contributed by atoms with Crippen molar-refractivity contribution in [1.29, 1.82) is 0 Å². The first-order valence-corrected chi connectivity index (χ1v) is 13.8. The zero-order valence-corrected chi connectivity index (χ0v) is 22.8. The molecular formula is C30H52O3. The molecule has 3 heteroatoms. The monoisotopic (exact) mass is 460 g/mol. The lowest BCUT2D eigenvalue weighted by molar-refractivity contribution is -0.246. The Labute approximate surface area is 203 Å². The number of allylic oxidation sites excluding steroid dienone is 2. The summed E-state index contributed by atoms with van der Waals surface area (Å²) in [4.78, 5) is 0. The number of hydrogen-bond acceptors (Lipinski definition) is 3. The number of aliphatic hydroxyl groups excluding tert-OH is 1. The van der Waals surface area contributed by atoms with Gasteiger partial charge in [0.15, 0.2) is 0 Å². The van der Waals surface area contributed by atoms with Crippen molar-refractivity contribution < 1.29 is 15.3 Å². The molecule has 190 valence electrons. The van der Waals surface area contributed by atoms with Crippen molar-refractivity contribution in [2.75, 3.05) is 0 Å². The number of aliphatic hydroxyl groups is 3. The fourth-order valence-corrected chi connectivity index (χ4v) is 10.3. The third-order valence-corrected chi connectivity index (χ3v) is 12.6. The zero-order valence-electron chi connectivity index (χ0n) is 22.8. The van der Waals surface area contributed by atoms with Gasteiger partial charge in [0.05, 0.1) is 17.3 Å². The van der Waals surface area contributed by atoms with Crippen molar-refractivity contribution in [1.82, 2.24) is 0 Å². The van der Waals surface area contributed by atoms with Crippen LogP contribution < -0.4 is 0 Å². The van der Waals surface area contributed by atoms with Gasteiger partial charge in [0.2, 0.25) is 0 Å². The van der Waals surface area contributed by atoms with Crippen LogP contribution >= 0.6 is 0 Å². The third kappa shape index (κ3) is 3.38. The topological polar surface area (TPSA) is 60.7 Å². The van der Waals surface area contributed by atoms with Crippen LogP contribution in [0, 0.1) is 39.4 Å². The van der Waals surface area contributed by atoms with Gasteiger partial charge in [-0.2, -0.15) is 0 Å². The van der Waals surface area contributed by atoms with E-state index in [0.29, 0.717) is 24.7 Å². The van der Waals surface area contributed by atoms with E-state index in [1.807, 2.05) is 6.92 Å². The first-order valence-electron chi connectivity index (χ1n) is 13.8. The quantitative estimate of drug-likeness (QED) is 0.412. The normalized spacial score (nSPS) is 50.5. The molecule has 4 aliphatic rings. The minimum absolute atomic E-state index is 0.0307. The summed E-state index contributed by atoms with van der Waals surface area (Å²) in [5.41, 5.74) is -0.381. The fourth-order valence-electron chi connectivity index (χ4n) is 10.3. The van der Waals surface area contributed by atoms with Crippen LogP contribution in [-0.2, 0) is 0 Å². The SMILES string of the molecule is CC(C)=CCC[C@](C)(O)[C@]1(O)CC[C@@]2(C)[C@@H]1CC[C@@H]1[C@@]3(C)CC[C@@H](O)C(C)(C)C3CC[C@]12C. The van der Waals surface area contributed by atoms with Crippen molar-refractivity contribution in [3.63, 3.8) is 0 Å². The molecule has 0 bridgehead atoms. The van der Waals surface area contributed by atoms with Gasteiger partial charge in [-0.1, -0.05) is 46.3 Å². The molecular weight excluding hydrogens is 408 g/mol. The molecule has 0 aromatic carbocycles. The van der Waals surface area contributed by atoms with Gasteiger partial charge in [-0.15, -0.1) is 0 Å². The predicted octanol–water partition coefficient (Wildman–Crippen LogP) is 6.64. The Morgan fingerprint density at radius 2 is 1.45 bits per heavy atom. The maximum absolute atomic E-state index is 12.2. The van der Waals surface area contributed by atoms with Gasteiger partial charge in [-0.05, 0) is 124 Å². The van der Waals surface area contributed by atoms with E-state index in [2.05, 4.69) is 54.5 Å². The number of hydrogen-bond donors (Lipinski definition) is 3. The van der Waals surface area contributed by atoms with E-state index in [9.17, 15) is 15.3 Å². The van der Waals surface area contributed by atoms with Crippen molar-refractivity contribution in [3.05, 3.63) is 11.6 Å². The van der Waals surface area contributed by atoms with E-state index in [0.717, 1.165) is 38.5 Å². The van der Waals surface area contributed by atoms with Gasteiger partial charge in [-0.3, -0.25) is 0 Å². The second-order valence-electron chi connectivity index (χ2n) is 14.5. The van der Waals surface area contributed by atoms with Crippen LogP contribution in [0.4, 0.5) is 0 Å². The Morgan fingerprint density at radius 1 is 0.848 bits per heavy atom. The van der Waals surface area contributed by atoms with Gasteiger partial charge < -0.3 is 15.3 Å². The molecule has 0 heterocycles. The van der Waals surface area contributed by atoms with Crippen LogP contribution in [0.25, 0.3) is 0 Å². The minimum Gasteiger partial charge on any atom is -0.393 e. The smallest absolute Gasteiger partial charge is 0.0964 e. The molecule has 4 rings (SSSR count). The zero-order chi connectivity index (χ0) is 24.7. The molecule has 0 aromatic rings. The first kappa shape index (κ1) is 25.7. The summed E-state index contributed by atoms with van der Waals surface area (Å²) in [6.45, 7) is 18.2. The summed E-state index contributed by atoms with van der Waals surface area (Å²) in [7, 11) is 0. The Morgan fingerprint density at radius 3 is 2.09 bits per heavy atom. The lowest BCUT2D eigenvalue weighted by Gasteiger charge is -2.70. The highest BCUT2D eigenvalue weighted by atomic mass is 16.4. The van der Waals surface area contributed by atoms with Crippen molar-refractivity contribution in [2.45, 2.75) is 137 Å². The average Bonchev–Trinajstić information content (AvgIpc) is 2.99. The molecule has 1 unspecified atom stereocenters. The van der Waals surface area contributed by atoms with E-state index in [-0.39, 0.29) is 33.7 Å². The van der Waals surface area contributed by atoms with Crippen molar-refractivity contribution in [2.24, 2.45) is 39.4 Å². The summed E-state index contributed by atoms with van der Waals surface area (Å²) >= 11 is 0. The molecule has 4 aliphatic carbocycles. The molecule has 4 saturated carbocycles. The molecule has 3 nitrogen and oxygen atoms in total. The second kappa shape index (κ2) is 7.81. The molecule has 0 saturated heterocycles.